The highest BCUT2D eigenvalue weighted by Crippen LogP contribution is 2.35. The molecule has 0 amide bonds. The minimum Gasteiger partial charge on any atom is -0.497 e. The summed E-state index contributed by atoms with van der Waals surface area (Å²) in [7, 11) is 1.65. The molecule has 1 aliphatic heterocycles. The van der Waals surface area contributed by atoms with E-state index < -0.39 is 0 Å². The Labute approximate surface area is 102 Å². The lowest BCUT2D eigenvalue weighted by atomic mass is 9.90. The van der Waals surface area contributed by atoms with Crippen LogP contribution in [0.15, 0.2) is 24.3 Å². The highest BCUT2D eigenvalue weighted by Gasteiger charge is 2.34. The lowest BCUT2D eigenvalue weighted by Crippen LogP contribution is -2.14. The smallest absolute Gasteiger partial charge is 0.306 e. The van der Waals surface area contributed by atoms with Crippen molar-refractivity contribution in [3.05, 3.63) is 29.8 Å². The van der Waals surface area contributed by atoms with E-state index in [4.69, 9.17) is 9.47 Å². The molecule has 1 saturated heterocycles. The summed E-state index contributed by atoms with van der Waals surface area (Å²) >= 11 is 0. The Morgan fingerprint density at radius 3 is 2.65 bits per heavy atom. The first-order valence-corrected chi connectivity index (χ1v) is 6.08. The van der Waals surface area contributed by atoms with E-state index in [0.717, 1.165) is 24.2 Å². The van der Waals surface area contributed by atoms with Crippen LogP contribution in [0.2, 0.25) is 0 Å². The van der Waals surface area contributed by atoms with E-state index in [0.29, 0.717) is 6.42 Å². The monoisotopic (exact) mass is 234 g/mol. The fraction of sp³-hybridized carbons (Fsp3) is 0.500. The van der Waals surface area contributed by atoms with E-state index in [1.165, 1.54) is 0 Å². The van der Waals surface area contributed by atoms with Gasteiger partial charge in [-0.3, -0.25) is 4.79 Å². The maximum absolute atomic E-state index is 11.4. The highest BCUT2D eigenvalue weighted by atomic mass is 16.5. The van der Waals surface area contributed by atoms with Crippen molar-refractivity contribution in [2.24, 2.45) is 0 Å². The molecule has 1 fully saturated rings. The number of esters is 1. The number of ether oxygens (including phenoxy) is 2. The molecule has 1 aromatic carbocycles. The zero-order valence-corrected chi connectivity index (χ0v) is 10.3. The normalized spacial score (nSPS) is 23.5. The summed E-state index contributed by atoms with van der Waals surface area (Å²) in [5.74, 6) is 0.962. The third-order valence-electron chi connectivity index (χ3n) is 3.24. The molecule has 0 saturated carbocycles. The molecule has 0 bridgehead atoms. The standard InChI is InChI=1S/C14H18O3/c1-3-4-13-12(9-14(15)17-13)10-5-7-11(16-2)8-6-10/h5-8,12-13H,3-4,9H2,1-2H3/t12-,13-/m1/s1. The van der Waals surface area contributed by atoms with E-state index in [2.05, 4.69) is 6.92 Å². The van der Waals surface area contributed by atoms with E-state index in [-0.39, 0.29) is 18.0 Å². The van der Waals surface area contributed by atoms with Crippen molar-refractivity contribution in [1.29, 1.82) is 0 Å². The van der Waals surface area contributed by atoms with Gasteiger partial charge in [0.15, 0.2) is 0 Å². The first-order valence-electron chi connectivity index (χ1n) is 6.08. The molecule has 1 heterocycles. The Balaban J connectivity index is 2.16. The topological polar surface area (TPSA) is 35.5 Å². The number of hydrogen-bond donors (Lipinski definition) is 0. The molecule has 92 valence electrons. The summed E-state index contributed by atoms with van der Waals surface area (Å²) in [4.78, 5) is 11.4. The molecule has 1 aliphatic rings. The van der Waals surface area contributed by atoms with Gasteiger partial charge in [-0.25, -0.2) is 0 Å². The summed E-state index contributed by atoms with van der Waals surface area (Å²) in [6.45, 7) is 2.11. The third kappa shape index (κ3) is 2.60. The molecule has 0 unspecified atom stereocenters. The fourth-order valence-corrected chi connectivity index (χ4v) is 2.34. The Hall–Kier alpha value is -1.51. The molecule has 3 heteroatoms. The fourth-order valence-electron chi connectivity index (χ4n) is 2.34. The van der Waals surface area contributed by atoms with Gasteiger partial charge in [0.05, 0.1) is 13.5 Å². The van der Waals surface area contributed by atoms with Crippen LogP contribution in [0.3, 0.4) is 0 Å². The van der Waals surface area contributed by atoms with Crippen LogP contribution in [0.25, 0.3) is 0 Å². The van der Waals surface area contributed by atoms with Gasteiger partial charge < -0.3 is 9.47 Å². The summed E-state index contributed by atoms with van der Waals surface area (Å²) in [5, 5.41) is 0. The minimum absolute atomic E-state index is 0.0425. The van der Waals surface area contributed by atoms with E-state index in [1.807, 2.05) is 24.3 Å². The molecule has 0 aromatic heterocycles. The van der Waals surface area contributed by atoms with Gasteiger partial charge >= 0.3 is 5.97 Å². The van der Waals surface area contributed by atoms with Crippen LogP contribution in [-0.2, 0) is 9.53 Å². The largest absolute Gasteiger partial charge is 0.497 e. The van der Waals surface area contributed by atoms with Crippen LogP contribution < -0.4 is 4.74 Å². The molecule has 1 aromatic rings. The SMILES string of the molecule is CCC[C@H]1OC(=O)C[C@@H]1c1ccc(OC)cc1. The number of methoxy groups -OCH3 is 1. The number of carbonyl (C=O) groups excluding carboxylic acids is 1. The van der Waals surface area contributed by atoms with Gasteiger partial charge in [-0.05, 0) is 24.1 Å². The van der Waals surface area contributed by atoms with Crippen molar-refractivity contribution >= 4 is 5.97 Å². The number of cyclic esters (lactones) is 1. The second kappa shape index (κ2) is 5.21. The zero-order chi connectivity index (χ0) is 12.3. The van der Waals surface area contributed by atoms with Crippen LogP contribution in [0.5, 0.6) is 5.75 Å². The number of rotatable bonds is 4. The lowest BCUT2D eigenvalue weighted by molar-refractivity contribution is -0.141. The van der Waals surface area contributed by atoms with Crippen molar-refractivity contribution in [2.75, 3.05) is 7.11 Å². The lowest BCUT2D eigenvalue weighted by Gasteiger charge is -2.17. The summed E-state index contributed by atoms with van der Waals surface area (Å²) in [6, 6.07) is 7.91. The van der Waals surface area contributed by atoms with Crippen molar-refractivity contribution in [3.63, 3.8) is 0 Å². The molecule has 0 spiro atoms. The number of benzene rings is 1. The second-order valence-corrected chi connectivity index (χ2v) is 4.40. The van der Waals surface area contributed by atoms with Gasteiger partial charge in [0.25, 0.3) is 0 Å². The maximum atomic E-state index is 11.4. The zero-order valence-electron chi connectivity index (χ0n) is 10.3. The Morgan fingerprint density at radius 1 is 1.35 bits per heavy atom. The van der Waals surface area contributed by atoms with Gasteiger partial charge in [-0.2, -0.15) is 0 Å². The van der Waals surface area contributed by atoms with Gasteiger partial charge in [-0.15, -0.1) is 0 Å². The molecule has 17 heavy (non-hydrogen) atoms. The second-order valence-electron chi connectivity index (χ2n) is 4.40. The van der Waals surface area contributed by atoms with Crippen LogP contribution in [-0.4, -0.2) is 19.2 Å². The minimum atomic E-state index is -0.0794. The molecule has 2 rings (SSSR count). The van der Waals surface area contributed by atoms with Crippen molar-refractivity contribution in [1.82, 2.24) is 0 Å². The van der Waals surface area contributed by atoms with E-state index in [9.17, 15) is 4.79 Å². The quantitative estimate of drug-likeness (QED) is 0.751. The predicted molar refractivity (Wildman–Crippen MR) is 65.1 cm³/mol. The van der Waals surface area contributed by atoms with Crippen molar-refractivity contribution < 1.29 is 14.3 Å². The van der Waals surface area contributed by atoms with Crippen LogP contribution >= 0.6 is 0 Å². The first kappa shape index (κ1) is 12.0. The average molecular weight is 234 g/mol. The van der Waals surface area contributed by atoms with E-state index in [1.54, 1.807) is 7.11 Å². The Bertz CT molecular complexity index is 383. The molecular weight excluding hydrogens is 216 g/mol. The summed E-state index contributed by atoms with van der Waals surface area (Å²) in [6.07, 6.45) is 2.50. The number of hydrogen-bond acceptors (Lipinski definition) is 3. The molecule has 0 N–H and O–H groups in total. The average Bonchev–Trinajstić information content (AvgIpc) is 2.71. The molecule has 0 radical (unpaired) electrons. The van der Waals surface area contributed by atoms with Crippen LogP contribution in [0.4, 0.5) is 0 Å². The van der Waals surface area contributed by atoms with Gasteiger partial charge in [0.1, 0.15) is 11.9 Å². The molecule has 2 atom stereocenters. The summed E-state index contributed by atoms with van der Waals surface area (Å²) < 4.78 is 10.5. The highest BCUT2D eigenvalue weighted by molar-refractivity contribution is 5.73. The molecule has 0 aliphatic carbocycles. The Morgan fingerprint density at radius 2 is 2.06 bits per heavy atom. The summed E-state index contributed by atoms with van der Waals surface area (Å²) in [5.41, 5.74) is 1.16. The maximum Gasteiger partial charge on any atom is 0.306 e. The van der Waals surface area contributed by atoms with Crippen LogP contribution in [0, 0.1) is 0 Å². The Kier molecular flexibility index (Phi) is 3.67. The van der Waals surface area contributed by atoms with Gasteiger partial charge in [-0.1, -0.05) is 25.5 Å². The van der Waals surface area contributed by atoms with Gasteiger partial charge in [0.2, 0.25) is 0 Å². The molecular formula is C14H18O3. The number of carbonyl (C=O) groups is 1. The first-order chi connectivity index (χ1) is 8.24. The van der Waals surface area contributed by atoms with E-state index >= 15 is 0 Å². The van der Waals surface area contributed by atoms with Gasteiger partial charge in [0, 0.05) is 5.92 Å². The third-order valence-corrected chi connectivity index (χ3v) is 3.24. The predicted octanol–water partition coefficient (Wildman–Crippen LogP) is 2.89. The molecule has 3 nitrogen and oxygen atoms in total. The van der Waals surface area contributed by atoms with Crippen molar-refractivity contribution in [3.8, 4) is 5.75 Å². The van der Waals surface area contributed by atoms with Crippen LogP contribution in [0.1, 0.15) is 37.7 Å². The van der Waals surface area contributed by atoms with Crippen molar-refractivity contribution in [2.45, 2.75) is 38.2 Å².